The van der Waals surface area contributed by atoms with Gasteiger partial charge in [0.15, 0.2) is 11.5 Å². The fourth-order valence-electron chi connectivity index (χ4n) is 4.22. The Morgan fingerprint density at radius 2 is 1.94 bits per heavy atom. The molecule has 2 aromatic carbocycles. The molecule has 186 valence electrons. The molecule has 0 radical (unpaired) electrons. The number of para-hydroxylation sites is 1. The minimum Gasteiger partial charge on any atom is -0.497 e. The summed E-state index contributed by atoms with van der Waals surface area (Å²) in [4.78, 5) is 21.8. The first-order valence-corrected chi connectivity index (χ1v) is 11.4. The summed E-state index contributed by atoms with van der Waals surface area (Å²) in [5, 5.41) is 10.9. The van der Waals surface area contributed by atoms with Crippen LogP contribution in [0.25, 0.3) is 33.5 Å². The Kier molecular flexibility index (Phi) is 5.99. The second-order valence-electron chi connectivity index (χ2n) is 8.50. The molecule has 0 spiro atoms. The molecular weight excluding hydrogens is 473 g/mol. The van der Waals surface area contributed by atoms with Crippen LogP contribution in [0.15, 0.2) is 49.0 Å². The minimum absolute atomic E-state index is 0.0672. The number of rotatable bonds is 5. The molecule has 1 saturated heterocycles. The molecule has 1 fully saturated rings. The van der Waals surface area contributed by atoms with E-state index in [0.717, 1.165) is 12.8 Å². The van der Waals surface area contributed by atoms with E-state index in [1.807, 2.05) is 0 Å². The number of halogens is 3. The number of nitrogens with one attached hydrogen (secondary N) is 2. The van der Waals surface area contributed by atoms with E-state index in [2.05, 4.69) is 32.3 Å². The molecule has 3 heterocycles. The van der Waals surface area contributed by atoms with Crippen LogP contribution in [0.4, 0.5) is 19.1 Å². The molecule has 1 aliphatic rings. The number of hydrogen-bond acceptors (Lipinski definition) is 6. The summed E-state index contributed by atoms with van der Waals surface area (Å²) in [5.74, 6) is 0.923. The van der Waals surface area contributed by atoms with Crippen molar-refractivity contribution in [3.8, 4) is 17.1 Å². The number of carbonyl (C=O) groups excluding carboxylic acids is 1. The minimum atomic E-state index is -4.64. The molecule has 0 saturated carbocycles. The molecule has 8 nitrogen and oxygen atoms in total. The number of benzene rings is 2. The van der Waals surface area contributed by atoms with Crippen molar-refractivity contribution in [2.75, 3.05) is 19.0 Å². The highest BCUT2D eigenvalue weighted by Crippen LogP contribution is 2.37. The lowest BCUT2D eigenvalue weighted by Crippen LogP contribution is -2.38. The number of aromatic nitrogens is 4. The van der Waals surface area contributed by atoms with Crippen LogP contribution in [0.1, 0.15) is 24.8 Å². The summed E-state index contributed by atoms with van der Waals surface area (Å²) in [6, 6.07) is 10.9. The molecule has 2 aromatic heterocycles. The summed E-state index contributed by atoms with van der Waals surface area (Å²) in [6.45, 7) is 3.83. The standard InChI is InChI=1S/C25H23F3N6O2/c1-14(25(26,27)28)17-6-5-7-18-20(17)31-24(30-19-8-3-4-13-29-23(19)35)34-22(18)32-21(33-34)15-9-11-16(36-2)12-10-15/h5-7,9-12,19H,1,3-4,8,13H2,2H3,(H,29,35)(H,30,31)/t19-/m1/s1. The van der Waals surface area contributed by atoms with Gasteiger partial charge in [-0.2, -0.15) is 17.7 Å². The van der Waals surface area contributed by atoms with Gasteiger partial charge in [0.05, 0.1) is 18.2 Å². The number of alkyl halides is 3. The lowest BCUT2D eigenvalue weighted by atomic mass is 10.0. The third-order valence-corrected chi connectivity index (χ3v) is 6.16. The molecule has 0 unspecified atom stereocenters. The van der Waals surface area contributed by atoms with E-state index >= 15 is 0 Å². The van der Waals surface area contributed by atoms with Gasteiger partial charge in [0.2, 0.25) is 11.9 Å². The Hall–Kier alpha value is -4.15. The SMILES string of the molecule is C=C(c1cccc2c1nc(N[C@@H]1CCCCNC1=O)n1nc(-c3ccc(OC)cc3)nc21)C(F)(F)F. The van der Waals surface area contributed by atoms with Crippen LogP contribution in [0.2, 0.25) is 0 Å². The molecule has 1 atom stereocenters. The molecule has 2 N–H and O–H groups in total. The number of allylic oxidation sites excluding steroid dienone is 1. The largest absolute Gasteiger partial charge is 0.497 e. The number of hydrogen-bond donors (Lipinski definition) is 2. The van der Waals surface area contributed by atoms with Crippen molar-refractivity contribution in [2.45, 2.75) is 31.5 Å². The van der Waals surface area contributed by atoms with Gasteiger partial charge in [0.25, 0.3) is 0 Å². The summed E-state index contributed by atoms with van der Waals surface area (Å²) >= 11 is 0. The second-order valence-corrected chi connectivity index (χ2v) is 8.50. The Balaban J connectivity index is 1.72. The summed E-state index contributed by atoms with van der Waals surface area (Å²) in [6.07, 6.45) is -2.45. The van der Waals surface area contributed by atoms with Gasteiger partial charge >= 0.3 is 6.18 Å². The molecule has 1 amide bonds. The number of nitrogens with zero attached hydrogens (tertiary/aromatic N) is 4. The van der Waals surface area contributed by atoms with Crippen LogP contribution < -0.4 is 15.4 Å². The Labute approximate surface area is 204 Å². The second kappa shape index (κ2) is 9.14. The topological polar surface area (TPSA) is 93.4 Å². The molecular formula is C25H23F3N6O2. The third kappa shape index (κ3) is 4.32. The lowest BCUT2D eigenvalue weighted by Gasteiger charge is -2.18. The van der Waals surface area contributed by atoms with Crippen molar-refractivity contribution >= 4 is 34.0 Å². The Bertz CT molecular complexity index is 1460. The summed E-state index contributed by atoms with van der Waals surface area (Å²) in [5.41, 5.74) is -0.124. The van der Waals surface area contributed by atoms with Crippen LogP contribution in [-0.4, -0.2) is 51.4 Å². The monoisotopic (exact) mass is 496 g/mol. The Morgan fingerprint density at radius 3 is 2.67 bits per heavy atom. The first kappa shape index (κ1) is 23.6. The zero-order valence-corrected chi connectivity index (χ0v) is 19.4. The van der Waals surface area contributed by atoms with E-state index in [1.54, 1.807) is 37.4 Å². The zero-order chi connectivity index (χ0) is 25.4. The number of carbonyl (C=O) groups is 1. The highest BCUT2D eigenvalue weighted by atomic mass is 19.4. The van der Waals surface area contributed by atoms with Crippen LogP contribution in [-0.2, 0) is 4.79 Å². The molecule has 36 heavy (non-hydrogen) atoms. The summed E-state index contributed by atoms with van der Waals surface area (Å²) in [7, 11) is 1.56. The maximum atomic E-state index is 13.6. The molecule has 0 bridgehead atoms. The van der Waals surface area contributed by atoms with Gasteiger partial charge in [-0.15, -0.1) is 5.10 Å². The number of amides is 1. The van der Waals surface area contributed by atoms with Crippen LogP contribution in [0.5, 0.6) is 5.75 Å². The maximum absolute atomic E-state index is 13.6. The van der Waals surface area contributed by atoms with Crippen LogP contribution in [0, 0.1) is 0 Å². The molecule has 4 aromatic rings. The van der Waals surface area contributed by atoms with Gasteiger partial charge in [0.1, 0.15) is 11.8 Å². The van der Waals surface area contributed by atoms with Crippen molar-refractivity contribution in [2.24, 2.45) is 0 Å². The van der Waals surface area contributed by atoms with Gasteiger partial charge in [-0.1, -0.05) is 18.7 Å². The van der Waals surface area contributed by atoms with E-state index in [9.17, 15) is 18.0 Å². The van der Waals surface area contributed by atoms with E-state index in [1.165, 1.54) is 16.6 Å². The van der Waals surface area contributed by atoms with E-state index in [4.69, 9.17) is 4.74 Å². The van der Waals surface area contributed by atoms with E-state index < -0.39 is 17.8 Å². The van der Waals surface area contributed by atoms with Gasteiger partial charge in [-0.25, -0.2) is 9.97 Å². The maximum Gasteiger partial charge on any atom is 0.416 e. The quantitative estimate of drug-likeness (QED) is 0.419. The molecule has 5 rings (SSSR count). The van der Waals surface area contributed by atoms with Gasteiger partial charge in [0, 0.05) is 23.1 Å². The van der Waals surface area contributed by atoms with Crippen LogP contribution >= 0.6 is 0 Å². The normalized spacial score (nSPS) is 16.6. The first-order chi connectivity index (χ1) is 17.3. The van der Waals surface area contributed by atoms with Crippen molar-refractivity contribution in [1.29, 1.82) is 0 Å². The lowest BCUT2D eigenvalue weighted by molar-refractivity contribution is -0.121. The Morgan fingerprint density at radius 1 is 1.17 bits per heavy atom. The smallest absolute Gasteiger partial charge is 0.416 e. The molecule has 1 aliphatic heterocycles. The zero-order valence-electron chi connectivity index (χ0n) is 19.4. The van der Waals surface area contributed by atoms with Crippen LogP contribution in [0.3, 0.4) is 0 Å². The average Bonchev–Trinajstić information content (AvgIpc) is 3.23. The highest BCUT2D eigenvalue weighted by molar-refractivity contribution is 6.00. The van der Waals surface area contributed by atoms with E-state index in [-0.39, 0.29) is 22.9 Å². The van der Waals surface area contributed by atoms with Gasteiger partial charge < -0.3 is 15.4 Å². The van der Waals surface area contributed by atoms with Crippen molar-refractivity contribution < 1.29 is 22.7 Å². The molecule has 11 heteroatoms. The van der Waals surface area contributed by atoms with Crippen molar-refractivity contribution in [3.63, 3.8) is 0 Å². The predicted octanol–water partition coefficient (Wildman–Crippen LogP) is 4.61. The summed E-state index contributed by atoms with van der Waals surface area (Å²) < 4.78 is 47.4. The predicted molar refractivity (Wildman–Crippen MR) is 130 cm³/mol. The first-order valence-electron chi connectivity index (χ1n) is 11.4. The highest BCUT2D eigenvalue weighted by Gasteiger charge is 2.34. The molecule has 0 aliphatic carbocycles. The van der Waals surface area contributed by atoms with Gasteiger partial charge in [-0.05, 0) is 49.6 Å². The van der Waals surface area contributed by atoms with E-state index in [0.29, 0.717) is 41.1 Å². The van der Waals surface area contributed by atoms with Crippen molar-refractivity contribution in [3.05, 3.63) is 54.6 Å². The fraction of sp³-hybridized carbons (Fsp3) is 0.280. The van der Waals surface area contributed by atoms with Crippen molar-refractivity contribution in [1.82, 2.24) is 24.9 Å². The average molecular weight is 496 g/mol. The number of fused-ring (bicyclic) bond motifs is 3. The number of ether oxygens (including phenoxy) is 1. The number of methoxy groups -OCH3 is 1. The number of anilines is 1. The third-order valence-electron chi connectivity index (χ3n) is 6.16. The fourth-order valence-corrected chi connectivity index (χ4v) is 4.22. The van der Waals surface area contributed by atoms with Gasteiger partial charge in [-0.3, -0.25) is 4.79 Å².